The highest BCUT2D eigenvalue weighted by atomic mass is 79.9. The van der Waals surface area contributed by atoms with Crippen LogP contribution in [0, 0.1) is 13.8 Å². The van der Waals surface area contributed by atoms with E-state index < -0.39 is 17.1 Å². The Bertz CT molecular complexity index is 1380. The summed E-state index contributed by atoms with van der Waals surface area (Å²) in [5.74, 6) is -0.874. The van der Waals surface area contributed by atoms with E-state index in [1.165, 1.54) is 14.1 Å². The molecule has 0 atom stereocenters. The minimum absolute atomic E-state index is 0.0639. The second-order valence-electron chi connectivity index (χ2n) is 7.46. The van der Waals surface area contributed by atoms with Crippen molar-refractivity contribution >= 4 is 50.0 Å². The molecule has 0 radical (unpaired) electrons. The zero-order valence-electron chi connectivity index (χ0n) is 18.5. The summed E-state index contributed by atoms with van der Waals surface area (Å²) in [6, 6.07) is 12.8. The lowest BCUT2D eigenvalue weighted by atomic mass is 10.2. The molecule has 2 aromatic carbocycles. The maximum absolute atomic E-state index is 12.9. The van der Waals surface area contributed by atoms with Gasteiger partial charge in [0.15, 0.2) is 0 Å². The molecule has 1 heterocycles. The van der Waals surface area contributed by atoms with Crippen LogP contribution in [-0.4, -0.2) is 30.9 Å². The molecular weight excluding hydrogens is 508 g/mol. The molecule has 0 unspecified atom stereocenters. The second-order valence-corrected chi connectivity index (χ2v) is 9.34. The molecule has 8 nitrogen and oxygen atoms in total. The standard InChI is InChI=1S/C23H23BrN4O4S/c1-13-6-5-7-16(10-13)25-20(19-21(30)27(3)23(32)28(4)22(19)31)33-12-18(29)26-17-9-8-15(24)11-14(17)2/h5-11,30H,12H2,1-4H3,(H,26,29). The van der Waals surface area contributed by atoms with Crippen LogP contribution in [0.15, 0.2) is 61.5 Å². The highest BCUT2D eigenvalue weighted by molar-refractivity contribution is 9.10. The fourth-order valence-corrected chi connectivity index (χ4v) is 4.39. The van der Waals surface area contributed by atoms with Gasteiger partial charge in [-0.1, -0.05) is 39.8 Å². The zero-order chi connectivity index (χ0) is 24.3. The molecule has 3 rings (SSSR count). The number of rotatable bonds is 5. The number of aromatic hydroxyl groups is 1. The van der Waals surface area contributed by atoms with Crippen LogP contribution in [0.25, 0.3) is 0 Å². The van der Waals surface area contributed by atoms with E-state index in [1.54, 1.807) is 12.1 Å². The Labute approximate surface area is 203 Å². The number of halogens is 1. The number of amides is 1. The quantitative estimate of drug-likeness (QED) is 0.387. The third kappa shape index (κ3) is 5.63. The number of nitrogens with one attached hydrogen (secondary N) is 1. The van der Waals surface area contributed by atoms with Crippen molar-refractivity contribution in [2.24, 2.45) is 19.1 Å². The van der Waals surface area contributed by atoms with E-state index in [0.29, 0.717) is 11.4 Å². The average molecular weight is 531 g/mol. The molecule has 33 heavy (non-hydrogen) atoms. The summed E-state index contributed by atoms with van der Waals surface area (Å²) < 4.78 is 2.77. The number of benzene rings is 2. The number of hydrogen-bond donors (Lipinski definition) is 2. The van der Waals surface area contributed by atoms with Crippen molar-refractivity contribution in [3.63, 3.8) is 0 Å². The summed E-state index contributed by atoms with van der Waals surface area (Å²) in [6.45, 7) is 3.78. The Kier molecular flexibility index (Phi) is 7.60. The lowest BCUT2D eigenvalue weighted by Gasteiger charge is -2.13. The van der Waals surface area contributed by atoms with E-state index in [2.05, 4.69) is 26.2 Å². The van der Waals surface area contributed by atoms with Gasteiger partial charge in [0.05, 0.1) is 11.4 Å². The molecule has 2 N–H and O–H groups in total. The summed E-state index contributed by atoms with van der Waals surface area (Å²) in [5.41, 5.74) is 1.57. The van der Waals surface area contributed by atoms with Crippen molar-refractivity contribution in [2.45, 2.75) is 13.8 Å². The Morgan fingerprint density at radius 2 is 1.85 bits per heavy atom. The van der Waals surface area contributed by atoms with E-state index in [1.807, 2.05) is 44.2 Å². The van der Waals surface area contributed by atoms with Gasteiger partial charge in [0.2, 0.25) is 11.8 Å². The second kappa shape index (κ2) is 10.2. The van der Waals surface area contributed by atoms with Crippen LogP contribution >= 0.6 is 27.7 Å². The average Bonchev–Trinajstić information content (AvgIpc) is 2.76. The van der Waals surface area contributed by atoms with Crippen molar-refractivity contribution in [1.29, 1.82) is 0 Å². The summed E-state index contributed by atoms with van der Waals surface area (Å²) in [4.78, 5) is 42.2. The number of aliphatic imine (C=N–C) groups is 1. The monoisotopic (exact) mass is 530 g/mol. The van der Waals surface area contributed by atoms with Crippen LogP contribution in [0.1, 0.15) is 16.7 Å². The van der Waals surface area contributed by atoms with Crippen molar-refractivity contribution in [1.82, 2.24) is 9.13 Å². The van der Waals surface area contributed by atoms with Crippen molar-refractivity contribution in [3.05, 3.63) is 84.5 Å². The summed E-state index contributed by atoms with van der Waals surface area (Å²) in [7, 11) is 2.68. The minimum Gasteiger partial charge on any atom is -0.494 e. The fourth-order valence-electron chi connectivity index (χ4n) is 3.08. The number of thioether (sulfide) groups is 1. The number of carbonyl (C=O) groups is 1. The molecule has 0 aliphatic rings. The molecule has 0 saturated heterocycles. The highest BCUT2D eigenvalue weighted by Gasteiger charge is 2.22. The number of anilines is 1. The first kappa shape index (κ1) is 24.5. The number of hydrogen-bond acceptors (Lipinski definition) is 6. The van der Waals surface area contributed by atoms with Crippen LogP contribution in [0.5, 0.6) is 5.88 Å². The normalized spacial score (nSPS) is 11.5. The van der Waals surface area contributed by atoms with Crippen LogP contribution < -0.4 is 16.6 Å². The Balaban J connectivity index is 1.98. The predicted molar refractivity (Wildman–Crippen MR) is 136 cm³/mol. The number of carbonyl (C=O) groups excluding carboxylic acids is 1. The first-order valence-corrected chi connectivity index (χ1v) is 11.7. The van der Waals surface area contributed by atoms with Gasteiger partial charge >= 0.3 is 5.69 Å². The molecule has 0 bridgehead atoms. The third-order valence-corrected chi connectivity index (χ3v) is 6.35. The molecule has 10 heteroatoms. The number of aromatic nitrogens is 2. The molecular formula is C23H23BrN4O4S. The van der Waals surface area contributed by atoms with Crippen LogP contribution in [0.2, 0.25) is 0 Å². The molecule has 1 aromatic heterocycles. The van der Waals surface area contributed by atoms with Crippen molar-refractivity contribution in [2.75, 3.05) is 11.1 Å². The first-order chi connectivity index (χ1) is 15.6. The highest BCUT2D eigenvalue weighted by Crippen LogP contribution is 2.25. The van der Waals surface area contributed by atoms with Crippen LogP contribution in [0.3, 0.4) is 0 Å². The van der Waals surface area contributed by atoms with E-state index in [-0.39, 0.29) is 22.3 Å². The van der Waals surface area contributed by atoms with Gasteiger partial charge in [0.25, 0.3) is 5.56 Å². The van der Waals surface area contributed by atoms with Gasteiger partial charge in [0, 0.05) is 24.3 Å². The van der Waals surface area contributed by atoms with Gasteiger partial charge in [-0.2, -0.15) is 0 Å². The molecule has 0 spiro atoms. The molecule has 0 aliphatic heterocycles. The minimum atomic E-state index is -0.696. The Morgan fingerprint density at radius 1 is 1.12 bits per heavy atom. The SMILES string of the molecule is Cc1cccc(N=C(SCC(=O)Nc2ccc(Br)cc2C)c2c(O)n(C)c(=O)n(C)c2=O)c1. The topological polar surface area (TPSA) is 106 Å². The molecule has 0 fully saturated rings. The molecule has 0 saturated carbocycles. The predicted octanol–water partition coefficient (Wildman–Crippen LogP) is 3.62. The third-order valence-electron chi connectivity index (χ3n) is 4.88. The summed E-state index contributed by atoms with van der Waals surface area (Å²) in [5, 5.41) is 13.6. The van der Waals surface area contributed by atoms with Gasteiger partial charge < -0.3 is 10.4 Å². The summed E-state index contributed by atoms with van der Waals surface area (Å²) >= 11 is 4.40. The smallest absolute Gasteiger partial charge is 0.333 e. The van der Waals surface area contributed by atoms with Gasteiger partial charge in [-0.3, -0.25) is 18.7 Å². The molecule has 1 amide bonds. The molecule has 172 valence electrons. The molecule has 3 aromatic rings. The van der Waals surface area contributed by atoms with Gasteiger partial charge in [0.1, 0.15) is 10.6 Å². The molecule has 0 aliphatic carbocycles. The Hall–Kier alpha value is -3.11. The maximum Gasteiger partial charge on any atom is 0.333 e. The van der Waals surface area contributed by atoms with E-state index in [4.69, 9.17) is 0 Å². The maximum atomic E-state index is 12.9. The van der Waals surface area contributed by atoms with Crippen molar-refractivity contribution < 1.29 is 9.90 Å². The summed E-state index contributed by atoms with van der Waals surface area (Å²) in [6.07, 6.45) is 0. The lowest BCUT2D eigenvalue weighted by Crippen LogP contribution is -2.39. The number of aryl methyl sites for hydroxylation is 2. The van der Waals surface area contributed by atoms with Gasteiger partial charge in [-0.15, -0.1) is 0 Å². The van der Waals surface area contributed by atoms with E-state index in [0.717, 1.165) is 36.5 Å². The van der Waals surface area contributed by atoms with E-state index in [9.17, 15) is 19.5 Å². The van der Waals surface area contributed by atoms with Gasteiger partial charge in [-0.25, -0.2) is 9.79 Å². The Morgan fingerprint density at radius 3 is 2.52 bits per heavy atom. The zero-order valence-corrected chi connectivity index (χ0v) is 21.0. The largest absolute Gasteiger partial charge is 0.494 e. The van der Waals surface area contributed by atoms with Crippen LogP contribution in [-0.2, 0) is 18.9 Å². The van der Waals surface area contributed by atoms with Crippen molar-refractivity contribution in [3.8, 4) is 5.88 Å². The van der Waals surface area contributed by atoms with Gasteiger partial charge in [-0.05, 0) is 55.3 Å². The number of nitrogens with zero attached hydrogens (tertiary/aromatic N) is 3. The lowest BCUT2D eigenvalue weighted by molar-refractivity contribution is -0.113. The first-order valence-electron chi connectivity index (χ1n) is 9.92. The van der Waals surface area contributed by atoms with Crippen LogP contribution in [0.4, 0.5) is 11.4 Å². The fraction of sp³-hybridized carbons (Fsp3) is 0.217. The van der Waals surface area contributed by atoms with E-state index >= 15 is 0 Å².